The summed E-state index contributed by atoms with van der Waals surface area (Å²) in [5.41, 5.74) is 0.460. The second-order valence-electron chi connectivity index (χ2n) is 8.30. The van der Waals surface area contributed by atoms with Crippen LogP contribution in [-0.2, 0) is 9.53 Å². The fraction of sp³-hybridized carbons (Fsp3) is 0.857. The van der Waals surface area contributed by atoms with Gasteiger partial charge >= 0.3 is 5.97 Å². The van der Waals surface area contributed by atoms with Crippen LogP contribution in [0, 0.1) is 11.3 Å². The number of ether oxygens (including phenoxy) is 1. The first-order valence-corrected chi connectivity index (χ1v) is 9.57. The van der Waals surface area contributed by atoms with Crippen molar-refractivity contribution in [1.82, 2.24) is 0 Å². The highest BCUT2D eigenvalue weighted by atomic mass is 16.5. The Labute approximate surface area is 145 Å². The molecule has 0 aliphatic carbocycles. The standard InChI is InChI=1S/C21H40O2/c1-7-8-12-15-19(23-20(22)18(2)3)16-13-10-9-11-14-17-21(4,5)6/h7,18-19H,1,8-17H2,2-6H3. The molecule has 0 heterocycles. The summed E-state index contributed by atoms with van der Waals surface area (Å²) in [6, 6.07) is 0. The Hall–Kier alpha value is -0.790. The van der Waals surface area contributed by atoms with Crippen molar-refractivity contribution in [3.05, 3.63) is 12.7 Å². The maximum atomic E-state index is 11.8. The summed E-state index contributed by atoms with van der Waals surface area (Å²) in [4.78, 5) is 11.8. The number of unbranched alkanes of at least 4 members (excludes halogenated alkanes) is 5. The van der Waals surface area contributed by atoms with Crippen LogP contribution in [0.25, 0.3) is 0 Å². The van der Waals surface area contributed by atoms with Gasteiger partial charge in [0.25, 0.3) is 0 Å². The van der Waals surface area contributed by atoms with E-state index in [-0.39, 0.29) is 18.0 Å². The molecule has 2 heteroatoms. The van der Waals surface area contributed by atoms with Gasteiger partial charge in [-0.15, -0.1) is 6.58 Å². The van der Waals surface area contributed by atoms with Crippen LogP contribution in [-0.4, -0.2) is 12.1 Å². The summed E-state index contributed by atoms with van der Waals surface area (Å²) in [7, 11) is 0. The van der Waals surface area contributed by atoms with Gasteiger partial charge in [0.1, 0.15) is 6.10 Å². The van der Waals surface area contributed by atoms with Crippen LogP contribution in [0.3, 0.4) is 0 Å². The lowest BCUT2D eigenvalue weighted by Crippen LogP contribution is -2.21. The fourth-order valence-corrected chi connectivity index (χ4v) is 2.61. The normalized spacial score (nSPS) is 13.1. The number of carbonyl (C=O) groups is 1. The van der Waals surface area contributed by atoms with Crippen molar-refractivity contribution < 1.29 is 9.53 Å². The van der Waals surface area contributed by atoms with E-state index in [4.69, 9.17) is 4.74 Å². The first-order chi connectivity index (χ1) is 10.8. The molecule has 23 heavy (non-hydrogen) atoms. The van der Waals surface area contributed by atoms with Gasteiger partial charge in [-0.3, -0.25) is 4.79 Å². The van der Waals surface area contributed by atoms with E-state index in [1.807, 2.05) is 19.9 Å². The lowest BCUT2D eigenvalue weighted by Gasteiger charge is -2.19. The summed E-state index contributed by atoms with van der Waals surface area (Å²) in [5.74, 6) is -0.0897. The molecule has 1 unspecified atom stereocenters. The Morgan fingerprint density at radius 3 is 2.13 bits per heavy atom. The fourth-order valence-electron chi connectivity index (χ4n) is 2.61. The number of carbonyl (C=O) groups excluding carboxylic acids is 1. The van der Waals surface area contributed by atoms with Gasteiger partial charge in [-0.05, 0) is 43.9 Å². The molecule has 0 aliphatic rings. The number of hydrogen-bond donors (Lipinski definition) is 0. The number of hydrogen-bond acceptors (Lipinski definition) is 2. The van der Waals surface area contributed by atoms with Gasteiger partial charge < -0.3 is 4.74 Å². The number of allylic oxidation sites excluding steroid dienone is 1. The molecule has 0 spiro atoms. The zero-order valence-corrected chi connectivity index (χ0v) is 16.3. The second kappa shape index (κ2) is 12.6. The van der Waals surface area contributed by atoms with Crippen LogP contribution in [0.2, 0.25) is 0 Å². The Balaban J connectivity index is 3.90. The number of esters is 1. The second-order valence-corrected chi connectivity index (χ2v) is 8.30. The average Bonchev–Trinajstić information content (AvgIpc) is 2.44. The Bertz CT molecular complexity index is 312. The molecule has 0 aliphatic heterocycles. The molecule has 0 aromatic rings. The Morgan fingerprint density at radius 2 is 1.57 bits per heavy atom. The van der Waals surface area contributed by atoms with Gasteiger partial charge in [-0.1, -0.05) is 66.4 Å². The van der Waals surface area contributed by atoms with Crippen molar-refractivity contribution in [2.45, 2.75) is 105 Å². The highest BCUT2D eigenvalue weighted by molar-refractivity contribution is 5.71. The molecule has 0 rings (SSSR count). The van der Waals surface area contributed by atoms with Crippen molar-refractivity contribution in [3.63, 3.8) is 0 Å². The molecular formula is C21H40O2. The van der Waals surface area contributed by atoms with Crippen LogP contribution >= 0.6 is 0 Å². The van der Waals surface area contributed by atoms with E-state index in [0.717, 1.165) is 25.7 Å². The lowest BCUT2D eigenvalue weighted by molar-refractivity contribution is -0.153. The van der Waals surface area contributed by atoms with E-state index in [2.05, 4.69) is 27.4 Å². The molecule has 136 valence electrons. The highest BCUT2D eigenvalue weighted by Crippen LogP contribution is 2.23. The van der Waals surface area contributed by atoms with Crippen molar-refractivity contribution >= 4 is 5.97 Å². The average molecular weight is 325 g/mol. The van der Waals surface area contributed by atoms with Crippen LogP contribution < -0.4 is 0 Å². The summed E-state index contributed by atoms with van der Waals surface area (Å²) in [6.07, 6.45) is 13.8. The van der Waals surface area contributed by atoms with Crippen LogP contribution in [0.1, 0.15) is 98.8 Å². The van der Waals surface area contributed by atoms with Gasteiger partial charge in [0.15, 0.2) is 0 Å². The van der Waals surface area contributed by atoms with E-state index in [1.54, 1.807) is 0 Å². The molecule has 0 bridgehead atoms. The smallest absolute Gasteiger partial charge is 0.308 e. The monoisotopic (exact) mass is 324 g/mol. The zero-order valence-electron chi connectivity index (χ0n) is 16.3. The van der Waals surface area contributed by atoms with Gasteiger partial charge in [0.2, 0.25) is 0 Å². The predicted octanol–water partition coefficient (Wildman–Crippen LogP) is 6.69. The predicted molar refractivity (Wildman–Crippen MR) is 101 cm³/mol. The van der Waals surface area contributed by atoms with Crippen molar-refractivity contribution in [1.29, 1.82) is 0 Å². The molecular weight excluding hydrogens is 284 g/mol. The van der Waals surface area contributed by atoms with Crippen LogP contribution in [0.4, 0.5) is 0 Å². The lowest BCUT2D eigenvalue weighted by atomic mass is 9.89. The Morgan fingerprint density at radius 1 is 1.00 bits per heavy atom. The molecule has 1 atom stereocenters. The minimum Gasteiger partial charge on any atom is -0.462 e. The van der Waals surface area contributed by atoms with Gasteiger partial charge in [0, 0.05) is 0 Å². The quantitative estimate of drug-likeness (QED) is 0.214. The summed E-state index contributed by atoms with van der Waals surface area (Å²) in [5, 5.41) is 0. The third kappa shape index (κ3) is 14.5. The third-order valence-corrected chi connectivity index (χ3v) is 4.14. The third-order valence-electron chi connectivity index (χ3n) is 4.14. The molecule has 0 radical (unpaired) electrons. The van der Waals surface area contributed by atoms with Crippen molar-refractivity contribution in [3.8, 4) is 0 Å². The Kier molecular flexibility index (Phi) is 12.2. The van der Waals surface area contributed by atoms with E-state index in [1.165, 1.54) is 38.5 Å². The van der Waals surface area contributed by atoms with Crippen LogP contribution in [0.5, 0.6) is 0 Å². The summed E-state index contributed by atoms with van der Waals surface area (Å²) in [6.45, 7) is 14.5. The van der Waals surface area contributed by atoms with Crippen molar-refractivity contribution in [2.75, 3.05) is 0 Å². The van der Waals surface area contributed by atoms with Gasteiger partial charge in [0.05, 0.1) is 5.92 Å². The maximum Gasteiger partial charge on any atom is 0.308 e. The molecule has 0 aromatic carbocycles. The topological polar surface area (TPSA) is 26.3 Å². The highest BCUT2D eigenvalue weighted by Gasteiger charge is 2.16. The van der Waals surface area contributed by atoms with E-state index in [9.17, 15) is 4.79 Å². The summed E-state index contributed by atoms with van der Waals surface area (Å²) < 4.78 is 5.66. The van der Waals surface area contributed by atoms with Crippen LogP contribution in [0.15, 0.2) is 12.7 Å². The molecule has 2 nitrogen and oxygen atoms in total. The van der Waals surface area contributed by atoms with E-state index >= 15 is 0 Å². The molecule has 0 saturated heterocycles. The zero-order chi connectivity index (χ0) is 17.7. The van der Waals surface area contributed by atoms with E-state index < -0.39 is 0 Å². The largest absolute Gasteiger partial charge is 0.462 e. The van der Waals surface area contributed by atoms with Gasteiger partial charge in [-0.2, -0.15) is 0 Å². The molecule has 0 N–H and O–H groups in total. The minimum atomic E-state index is -0.0567. The molecule has 0 saturated carbocycles. The maximum absolute atomic E-state index is 11.8. The van der Waals surface area contributed by atoms with Crippen molar-refractivity contribution in [2.24, 2.45) is 11.3 Å². The van der Waals surface area contributed by atoms with Gasteiger partial charge in [-0.25, -0.2) is 0 Å². The first kappa shape index (κ1) is 22.2. The molecule has 0 fully saturated rings. The molecule has 0 aromatic heterocycles. The minimum absolute atomic E-state index is 0.0331. The van der Waals surface area contributed by atoms with E-state index in [0.29, 0.717) is 5.41 Å². The number of rotatable bonds is 13. The molecule has 0 amide bonds. The first-order valence-electron chi connectivity index (χ1n) is 9.57. The summed E-state index contributed by atoms with van der Waals surface area (Å²) >= 11 is 0. The SMILES string of the molecule is C=CCCCC(CCCCCCCC(C)(C)C)OC(=O)C(C)C.